The molecule has 2 aromatic carbocycles. The number of hydrogen-bond acceptors (Lipinski definition) is 5. The number of rotatable bonds is 5. The summed E-state index contributed by atoms with van der Waals surface area (Å²) in [5, 5.41) is 2.21. The van der Waals surface area contributed by atoms with E-state index in [1.54, 1.807) is 37.5 Å². The van der Waals surface area contributed by atoms with E-state index in [4.69, 9.17) is 4.74 Å². The molecule has 0 atom stereocenters. The molecule has 1 aliphatic heterocycles. The minimum Gasteiger partial charge on any atom is -0.496 e. The highest BCUT2D eigenvalue weighted by molar-refractivity contribution is 9.10. The molecule has 0 radical (unpaired) electrons. The van der Waals surface area contributed by atoms with Gasteiger partial charge in [0.1, 0.15) is 12.3 Å². The number of thioether (sulfide) groups is 1. The number of nitrogens with one attached hydrogen (secondary N) is 1. The minimum atomic E-state index is -0.489. The maximum atomic E-state index is 12.6. The van der Waals surface area contributed by atoms with Crippen molar-refractivity contribution in [2.24, 2.45) is 0 Å². The molecule has 0 spiro atoms. The summed E-state index contributed by atoms with van der Waals surface area (Å²) in [4.78, 5) is 38.3. The molecule has 0 bridgehead atoms. The summed E-state index contributed by atoms with van der Waals surface area (Å²) in [6.07, 6.45) is 1.62. The Morgan fingerprint density at radius 2 is 2.00 bits per heavy atom. The minimum absolute atomic E-state index is 0.268. The number of carbonyl (C=O) groups excluding carboxylic acids is 3. The third-order valence-electron chi connectivity index (χ3n) is 4.05. The number of ether oxygens (including phenoxy) is 1. The molecule has 2 aromatic rings. The van der Waals surface area contributed by atoms with Crippen LogP contribution in [0, 0.1) is 6.92 Å². The molecule has 8 heteroatoms. The molecule has 1 saturated heterocycles. The molecule has 1 N–H and O–H groups in total. The van der Waals surface area contributed by atoms with E-state index in [9.17, 15) is 14.4 Å². The predicted octanol–water partition coefficient (Wildman–Crippen LogP) is 4.44. The summed E-state index contributed by atoms with van der Waals surface area (Å²) in [5.41, 5.74) is 2.28. The van der Waals surface area contributed by atoms with Crippen molar-refractivity contribution < 1.29 is 19.1 Å². The molecule has 0 saturated carbocycles. The number of nitrogens with zero attached hydrogens (tertiary/aromatic N) is 1. The zero-order valence-electron chi connectivity index (χ0n) is 15.2. The van der Waals surface area contributed by atoms with Gasteiger partial charge in [-0.15, -0.1) is 0 Å². The van der Waals surface area contributed by atoms with Gasteiger partial charge in [0.2, 0.25) is 5.91 Å². The second-order valence-corrected chi connectivity index (χ2v) is 7.87. The van der Waals surface area contributed by atoms with Gasteiger partial charge in [0, 0.05) is 4.47 Å². The van der Waals surface area contributed by atoms with Crippen LogP contribution in [0.3, 0.4) is 0 Å². The summed E-state index contributed by atoms with van der Waals surface area (Å²) in [7, 11) is 1.57. The summed E-state index contributed by atoms with van der Waals surface area (Å²) < 4.78 is 6.00. The lowest BCUT2D eigenvalue weighted by atomic mass is 10.1. The number of halogens is 1. The Balaban J connectivity index is 1.73. The van der Waals surface area contributed by atoms with Crippen molar-refractivity contribution in [3.63, 3.8) is 0 Å². The van der Waals surface area contributed by atoms with Crippen molar-refractivity contribution in [3.8, 4) is 5.75 Å². The molecular weight excluding hydrogens is 444 g/mol. The van der Waals surface area contributed by atoms with Gasteiger partial charge in [-0.2, -0.15) is 0 Å². The van der Waals surface area contributed by atoms with Crippen LogP contribution in [0.5, 0.6) is 5.75 Å². The standard InChI is InChI=1S/C20H17BrN2O4S/c1-12-7-8-13(9-16(12)27-2)10-17-19(25)23(20(26)28-17)11-18(24)22-15-6-4-3-5-14(15)21/h3-10H,11H2,1-2H3,(H,22,24)/b17-10+. The van der Waals surface area contributed by atoms with Crippen molar-refractivity contribution in [1.82, 2.24) is 4.90 Å². The fourth-order valence-corrected chi connectivity index (χ4v) is 3.83. The number of hydrogen-bond donors (Lipinski definition) is 1. The molecule has 1 fully saturated rings. The Bertz CT molecular complexity index is 990. The lowest BCUT2D eigenvalue weighted by molar-refractivity contribution is -0.127. The van der Waals surface area contributed by atoms with E-state index in [2.05, 4.69) is 21.2 Å². The topological polar surface area (TPSA) is 75.7 Å². The van der Waals surface area contributed by atoms with Crippen molar-refractivity contribution in [2.45, 2.75) is 6.92 Å². The van der Waals surface area contributed by atoms with Gasteiger partial charge in [-0.25, -0.2) is 0 Å². The largest absolute Gasteiger partial charge is 0.496 e. The van der Waals surface area contributed by atoms with Gasteiger partial charge in [-0.1, -0.05) is 24.3 Å². The first-order valence-corrected chi connectivity index (χ1v) is 9.94. The molecule has 0 aromatic heterocycles. The monoisotopic (exact) mass is 460 g/mol. The summed E-state index contributed by atoms with van der Waals surface area (Å²) in [6, 6.07) is 12.6. The van der Waals surface area contributed by atoms with Gasteiger partial charge >= 0.3 is 0 Å². The van der Waals surface area contributed by atoms with Crippen LogP contribution in [-0.4, -0.2) is 35.6 Å². The molecule has 3 amide bonds. The number of aryl methyl sites for hydroxylation is 1. The fourth-order valence-electron chi connectivity index (χ4n) is 2.61. The van der Waals surface area contributed by atoms with Gasteiger partial charge in [0.15, 0.2) is 0 Å². The zero-order valence-corrected chi connectivity index (χ0v) is 17.6. The first-order chi connectivity index (χ1) is 13.4. The highest BCUT2D eigenvalue weighted by Gasteiger charge is 2.36. The molecule has 0 unspecified atom stereocenters. The maximum Gasteiger partial charge on any atom is 0.294 e. The Hall–Kier alpha value is -2.58. The maximum absolute atomic E-state index is 12.6. The Morgan fingerprint density at radius 1 is 1.25 bits per heavy atom. The number of benzene rings is 2. The number of carbonyl (C=O) groups is 3. The zero-order chi connectivity index (χ0) is 20.3. The van der Waals surface area contributed by atoms with Crippen LogP contribution in [0.15, 0.2) is 51.8 Å². The number of amides is 3. The molecule has 6 nitrogen and oxygen atoms in total. The Kier molecular flexibility index (Phi) is 6.21. The van der Waals surface area contributed by atoms with Crippen molar-refractivity contribution in [1.29, 1.82) is 0 Å². The van der Waals surface area contributed by atoms with E-state index in [0.717, 1.165) is 27.8 Å². The number of imide groups is 1. The van der Waals surface area contributed by atoms with Crippen LogP contribution in [0.2, 0.25) is 0 Å². The van der Waals surface area contributed by atoms with Crippen molar-refractivity contribution in [3.05, 3.63) is 63.0 Å². The van der Waals surface area contributed by atoms with Gasteiger partial charge in [-0.05, 0) is 70.0 Å². The molecule has 1 heterocycles. The predicted molar refractivity (Wildman–Crippen MR) is 113 cm³/mol. The van der Waals surface area contributed by atoms with Crippen molar-refractivity contribution >= 4 is 56.5 Å². The first-order valence-electron chi connectivity index (χ1n) is 8.33. The fraction of sp³-hybridized carbons (Fsp3) is 0.150. The number of para-hydroxylation sites is 1. The SMILES string of the molecule is COc1cc(/C=C2/SC(=O)N(CC(=O)Nc3ccccc3Br)C2=O)ccc1C. The van der Waals surface area contributed by atoms with Gasteiger partial charge < -0.3 is 10.1 Å². The molecule has 0 aliphatic carbocycles. The van der Waals surface area contributed by atoms with Gasteiger partial charge in [0.25, 0.3) is 11.1 Å². The lowest BCUT2D eigenvalue weighted by Gasteiger charge is -2.13. The van der Waals surface area contributed by atoms with Gasteiger partial charge in [-0.3, -0.25) is 19.3 Å². The van der Waals surface area contributed by atoms with Crippen LogP contribution in [0.1, 0.15) is 11.1 Å². The Morgan fingerprint density at radius 3 is 2.71 bits per heavy atom. The van der Waals surface area contributed by atoms with Crippen molar-refractivity contribution in [2.75, 3.05) is 19.0 Å². The third-order valence-corrected chi connectivity index (χ3v) is 5.65. The van der Waals surface area contributed by atoms with E-state index >= 15 is 0 Å². The average molecular weight is 461 g/mol. The highest BCUT2D eigenvalue weighted by atomic mass is 79.9. The number of methoxy groups -OCH3 is 1. The number of anilines is 1. The smallest absolute Gasteiger partial charge is 0.294 e. The quantitative estimate of drug-likeness (QED) is 0.667. The lowest BCUT2D eigenvalue weighted by Crippen LogP contribution is -2.36. The summed E-state index contributed by atoms with van der Waals surface area (Å²) in [5.74, 6) is -0.245. The highest BCUT2D eigenvalue weighted by Crippen LogP contribution is 2.33. The van der Waals surface area contributed by atoms with Crippen LogP contribution in [-0.2, 0) is 9.59 Å². The van der Waals surface area contributed by atoms with Crippen LogP contribution in [0.4, 0.5) is 10.5 Å². The second kappa shape index (κ2) is 8.62. The molecule has 144 valence electrons. The molecular formula is C20H17BrN2O4S. The summed E-state index contributed by atoms with van der Waals surface area (Å²) >= 11 is 4.15. The summed E-state index contributed by atoms with van der Waals surface area (Å²) in [6.45, 7) is 1.57. The third kappa shape index (κ3) is 4.45. The van der Waals surface area contributed by atoms with Crippen LogP contribution < -0.4 is 10.1 Å². The van der Waals surface area contributed by atoms with Crippen LogP contribution >= 0.6 is 27.7 Å². The molecule has 28 heavy (non-hydrogen) atoms. The average Bonchev–Trinajstić information content (AvgIpc) is 2.92. The van der Waals surface area contributed by atoms with E-state index in [0.29, 0.717) is 15.9 Å². The van der Waals surface area contributed by atoms with E-state index in [1.807, 2.05) is 25.1 Å². The van der Waals surface area contributed by atoms with Gasteiger partial charge in [0.05, 0.1) is 17.7 Å². The van der Waals surface area contributed by atoms with E-state index in [1.165, 1.54) is 0 Å². The normalized spacial score (nSPS) is 15.2. The van der Waals surface area contributed by atoms with Crippen LogP contribution in [0.25, 0.3) is 6.08 Å². The second-order valence-electron chi connectivity index (χ2n) is 6.02. The van der Waals surface area contributed by atoms with E-state index in [-0.39, 0.29) is 11.4 Å². The Labute approximate surface area is 175 Å². The molecule has 1 aliphatic rings. The molecule has 3 rings (SSSR count). The first kappa shape index (κ1) is 20.2. The van der Waals surface area contributed by atoms with E-state index < -0.39 is 17.1 Å².